The van der Waals surface area contributed by atoms with E-state index in [0.29, 0.717) is 22.6 Å². The summed E-state index contributed by atoms with van der Waals surface area (Å²) in [7, 11) is 3.05. The molecule has 0 saturated heterocycles. The average Bonchev–Trinajstić information content (AvgIpc) is 2.84. The van der Waals surface area contributed by atoms with E-state index in [9.17, 15) is 19.8 Å². The van der Waals surface area contributed by atoms with Gasteiger partial charge in [-0.25, -0.2) is 9.59 Å². The summed E-state index contributed by atoms with van der Waals surface area (Å²) in [6.07, 6.45) is 0.0226. The molecular weight excluding hydrogens is 440 g/mol. The minimum Gasteiger partial charge on any atom is -0.497 e. The smallest absolute Gasteiger partial charge is 0.432 e. The van der Waals surface area contributed by atoms with E-state index in [1.807, 2.05) is 0 Å². The Labute approximate surface area is 195 Å². The molecule has 3 aromatic rings. The van der Waals surface area contributed by atoms with Crippen LogP contribution in [0.5, 0.6) is 11.5 Å². The first-order valence-electron chi connectivity index (χ1n) is 9.93. The minimum absolute atomic E-state index is 0.131. The normalized spacial score (nSPS) is 10.9. The fourth-order valence-electron chi connectivity index (χ4n) is 2.90. The topological polar surface area (TPSA) is 124 Å². The monoisotopic (exact) mass is 462 g/mol. The van der Waals surface area contributed by atoms with Gasteiger partial charge >= 0.3 is 12.2 Å². The Bertz CT molecular complexity index is 1140. The van der Waals surface area contributed by atoms with Gasteiger partial charge in [0.15, 0.2) is 0 Å². The summed E-state index contributed by atoms with van der Waals surface area (Å²) in [6.45, 7) is 0. The van der Waals surface area contributed by atoms with Crippen molar-refractivity contribution >= 4 is 36.0 Å². The molecule has 0 unspecified atom stereocenters. The molecule has 2 amide bonds. The summed E-state index contributed by atoms with van der Waals surface area (Å²) in [4.78, 5) is 23.7. The van der Waals surface area contributed by atoms with E-state index in [0.717, 1.165) is 10.0 Å². The van der Waals surface area contributed by atoms with E-state index in [4.69, 9.17) is 9.47 Å². The molecule has 10 nitrogen and oxygen atoms in total. The maximum Gasteiger partial charge on any atom is 0.432 e. The third-order valence-electron chi connectivity index (χ3n) is 4.51. The van der Waals surface area contributed by atoms with Gasteiger partial charge in [-0.05, 0) is 53.6 Å². The molecule has 0 spiro atoms. The summed E-state index contributed by atoms with van der Waals surface area (Å²) in [5.41, 5.74) is 1.51. The molecule has 10 heteroatoms. The lowest BCUT2D eigenvalue weighted by atomic mass is 10.2. The number of nitrogens with zero attached hydrogens (tertiary/aromatic N) is 4. The second kappa shape index (κ2) is 11.1. The van der Waals surface area contributed by atoms with Gasteiger partial charge in [0.25, 0.3) is 0 Å². The molecule has 0 bridgehead atoms. The van der Waals surface area contributed by atoms with Crippen molar-refractivity contribution in [1.29, 1.82) is 0 Å². The third kappa shape index (κ3) is 6.10. The molecule has 3 aromatic carbocycles. The number of benzene rings is 3. The number of hydrogen-bond donors (Lipinski definition) is 2. The number of ether oxygens (including phenoxy) is 2. The first-order chi connectivity index (χ1) is 16.4. The maximum atomic E-state index is 11.8. The fourth-order valence-corrected chi connectivity index (χ4v) is 2.90. The fraction of sp³-hybridized carbons (Fsp3) is 0.0833. The Morgan fingerprint density at radius 3 is 1.50 bits per heavy atom. The van der Waals surface area contributed by atoms with Crippen molar-refractivity contribution in [3.05, 3.63) is 83.9 Å². The number of methoxy groups -OCH3 is 2. The van der Waals surface area contributed by atoms with Gasteiger partial charge in [0.05, 0.1) is 38.0 Å². The molecule has 3 rings (SSSR count). The van der Waals surface area contributed by atoms with Crippen molar-refractivity contribution in [2.24, 2.45) is 10.2 Å². The number of anilines is 2. The first kappa shape index (κ1) is 23.8. The molecule has 34 heavy (non-hydrogen) atoms. The molecule has 0 aliphatic rings. The minimum atomic E-state index is -1.35. The molecule has 0 aliphatic heterocycles. The van der Waals surface area contributed by atoms with Crippen LogP contribution in [-0.4, -0.2) is 49.0 Å². The van der Waals surface area contributed by atoms with E-state index >= 15 is 0 Å². The standard InChI is InChI=1S/C24H22N4O6/c1-33-21-10-3-6-17(12-21)15-25-27(23(29)30)19-8-5-9-20(14-19)28(24(31)32)26-16-18-7-4-11-22(13-18)34-2/h3-16H,1-2H3,(H,29,30)(H,31,32). The summed E-state index contributed by atoms with van der Waals surface area (Å²) >= 11 is 0. The lowest BCUT2D eigenvalue weighted by Crippen LogP contribution is -2.25. The molecular formula is C24H22N4O6. The molecule has 0 saturated carbocycles. The molecule has 0 atom stereocenters. The average molecular weight is 462 g/mol. The zero-order valence-corrected chi connectivity index (χ0v) is 18.4. The number of carboxylic acid groups (broad SMARTS) is 2. The third-order valence-corrected chi connectivity index (χ3v) is 4.51. The first-order valence-corrected chi connectivity index (χ1v) is 9.93. The molecule has 0 fully saturated rings. The zero-order chi connectivity index (χ0) is 24.5. The van der Waals surface area contributed by atoms with Crippen LogP contribution in [0.1, 0.15) is 11.1 Å². The summed E-state index contributed by atoms with van der Waals surface area (Å²) in [5, 5.41) is 28.8. The van der Waals surface area contributed by atoms with Gasteiger partial charge in [-0.1, -0.05) is 30.3 Å². The van der Waals surface area contributed by atoms with Gasteiger partial charge in [0.1, 0.15) is 11.5 Å². The highest BCUT2D eigenvalue weighted by atomic mass is 16.5. The molecule has 0 aliphatic carbocycles. The van der Waals surface area contributed by atoms with Gasteiger partial charge in [-0.2, -0.15) is 20.2 Å². The van der Waals surface area contributed by atoms with Crippen LogP contribution >= 0.6 is 0 Å². The van der Waals surface area contributed by atoms with E-state index in [2.05, 4.69) is 10.2 Å². The van der Waals surface area contributed by atoms with Crippen molar-refractivity contribution in [1.82, 2.24) is 0 Å². The van der Waals surface area contributed by atoms with Gasteiger partial charge in [-0.15, -0.1) is 0 Å². The van der Waals surface area contributed by atoms with E-state index in [-0.39, 0.29) is 11.4 Å². The highest BCUT2D eigenvalue weighted by Gasteiger charge is 2.18. The Balaban J connectivity index is 1.89. The predicted molar refractivity (Wildman–Crippen MR) is 129 cm³/mol. The van der Waals surface area contributed by atoms with Crippen molar-refractivity contribution in [2.45, 2.75) is 0 Å². The van der Waals surface area contributed by atoms with Crippen LogP contribution in [0.25, 0.3) is 0 Å². The number of hydrazone groups is 2. The van der Waals surface area contributed by atoms with Crippen LogP contribution in [-0.2, 0) is 0 Å². The number of amides is 2. The van der Waals surface area contributed by atoms with Crippen molar-refractivity contribution in [3.63, 3.8) is 0 Å². The molecule has 0 aromatic heterocycles. The Hall–Kier alpha value is -4.86. The molecule has 0 heterocycles. The Morgan fingerprint density at radius 1 is 0.706 bits per heavy atom. The molecule has 174 valence electrons. The van der Waals surface area contributed by atoms with E-state index in [1.165, 1.54) is 50.9 Å². The van der Waals surface area contributed by atoms with E-state index < -0.39 is 12.2 Å². The van der Waals surface area contributed by atoms with Crippen LogP contribution in [0.3, 0.4) is 0 Å². The second-order valence-electron chi connectivity index (χ2n) is 6.75. The number of rotatable bonds is 8. The molecule has 2 N–H and O–H groups in total. The van der Waals surface area contributed by atoms with Crippen molar-refractivity contribution in [3.8, 4) is 11.5 Å². The van der Waals surface area contributed by atoms with Gasteiger partial charge in [-0.3, -0.25) is 0 Å². The summed E-state index contributed by atoms with van der Waals surface area (Å²) in [6, 6.07) is 19.7. The highest BCUT2D eigenvalue weighted by Crippen LogP contribution is 2.24. The number of hydrogen-bond acceptors (Lipinski definition) is 6. The van der Waals surface area contributed by atoms with Crippen LogP contribution in [0.4, 0.5) is 21.0 Å². The second-order valence-corrected chi connectivity index (χ2v) is 6.75. The van der Waals surface area contributed by atoms with Crippen molar-refractivity contribution < 1.29 is 29.3 Å². The van der Waals surface area contributed by atoms with Crippen LogP contribution in [0.2, 0.25) is 0 Å². The lowest BCUT2D eigenvalue weighted by molar-refractivity contribution is 0.201. The number of carbonyl (C=O) groups is 2. The quantitative estimate of drug-likeness (QED) is 0.368. The van der Waals surface area contributed by atoms with Crippen LogP contribution < -0.4 is 19.5 Å². The van der Waals surface area contributed by atoms with Gasteiger partial charge in [0, 0.05) is 0 Å². The van der Waals surface area contributed by atoms with Crippen LogP contribution in [0.15, 0.2) is 83.0 Å². The maximum absolute atomic E-state index is 11.8. The molecule has 0 radical (unpaired) electrons. The predicted octanol–water partition coefficient (Wildman–Crippen LogP) is 4.74. The van der Waals surface area contributed by atoms with Gasteiger partial charge in [0.2, 0.25) is 0 Å². The Morgan fingerprint density at radius 2 is 1.12 bits per heavy atom. The largest absolute Gasteiger partial charge is 0.497 e. The summed E-state index contributed by atoms with van der Waals surface area (Å²) in [5.74, 6) is 1.19. The van der Waals surface area contributed by atoms with Crippen LogP contribution in [0, 0.1) is 0 Å². The zero-order valence-electron chi connectivity index (χ0n) is 18.4. The SMILES string of the molecule is COc1cccc(C=NN(C(=O)O)c2cccc(N(N=Cc3cccc(OC)c3)C(=O)O)c2)c1. The van der Waals surface area contributed by atoms with Gasteiger partial charge < -0.3 is 19.7 Å². The summed E-state index contributed by atoms with van der Waals surface area (Å²) < 4.78 is 10.3. The van der Waals surface area contributed by atoms with E-state index in [1.54, 1.807) is 48.5 Å². The Kier molecular flexibility index (Phi) is 7.79. The highest BCUT2D eigenvalue weighted by molar-refractivity contribution is 5.93. The lowest BCUT2D eigenvalue weighted by Gasteiger charge is -2.17. The van der Waals surface area contributed by atoms with Crippen molar-refractivity contribution in [2.75, 3.05) is 24.2 Å².